The zero-order valence-electron chi connectivity index (χ0n) is 23.1. The first-order valence-corrected chi connectivity index (χ1v) is 13.4. The summed E-state index contributed by atoms with van der Waals surface area (Å²) in [6, 6.07) is 22.1. The summed E-state index contributed by atoms with van der Waals surface area (Å²) in [4.78, 5) is 54.9. The molecule has 0 aliphatic carbocycles. The van der Waals surface area contributed by atoms with E-state index in [1.54, 1.807) is 36.4 Å². The zero-order chi connectivity index (χ0) is 29.4. The van der Waals surface area contributed by atoms with Gasteiger partial charge in [0.05, 0.1) is 12.5 Å². The number of amides is 4. The molecular formula is C31H34N4O6. The Morgan fingerprint density at radius 1 is 0.902 bits per heavy atom. The Labute approximate surface area is 238 Å². The van der Waals surface area contributed by atoms with Gasteiger partial charge in [-0.1, -0.05) is 72.3 Å². The minimum Gasteiger partial charge on any atom is -0.481 e. The molecule has 1 aliphatic heterocycles. The van der Waals surface area contributed by atoms with Crippen molar-refractivity contribution in [2.75, 3.05) is 18.4 Å². The van der Waals surface area contributed by atoms with Crippen LogP contribution in [0.1, 0.15) is 41.1 Å². The number of aliphatic carboxylic acids is 1. The van der Waals surface area contributed by atoms with Crippen LogP contribution < -0.4 is 10.6 Å². The summed E-state index contributed by atoms with van der Waals surface area (Å²) in [5.74, 6) is -1.79. The number of urea groups is 1. The summed E-state index contributed by atoms with van der Waals surface area (Å²) in [6.07, 6.45) is -2.08. The lowest BCUT2D eigenvalue weighted by Crippen LogP contribution is -2.64. The second kappa shape index (κ2) is 13.5. The highest BCUT2D eigenvalue weighted by Crippen LogP contribution is 2.23. The van der Waals surface area contributed by atoms with Crippen molar-refractivity contribution in [1.82, 2.24) is 15.1 Å². The van der Waals surface area contributed by atoms with Crippen molar-refractivity contribution in [3.05, 3.63) is 101 Å². The molecule has 41 heavy (non-hydrogen) atoms. The number of carbonyl (C=O) groups is 4. The molecule has 3 N–H and O–H groups in total. The van der Waals surface area contributed by atoms with E-state index in [2.05, 4.69) is 10.6 Å². The van der Waals surface area contributed by atoms with E-state index in [0.717, 1.165) is 16.7 Å². The van der Waals surface area contributed by atoms with Crippen LogP contribution >= 0.6 is 0 Å². The SMILES string of the molecule is Cc1cccc(NC(=O)N2CCCN(C(=O)OCc3ccccc3)C2C(=O)NC(CC(=O)O)c2cccc(C)c2)c1. The summed E-state index contributed by atoms with van der Waals surface area (Å²) in [7, 11) is 0. The Bertz CT molecular complexity index is 1400. The first-order chi connectivity index (χ1) is 19.7. The number of aryl methyl sites for hydroxylation is 2. The molecular weight excluding hydrogens is 524 g/mol. The molecule has 1 fully saturated rings. The Kier molecular flexibility index (Phi) is 9.57. The molecule has 10 heteroatoms. The predicted molar refractivity (Wildman–Crippen MR) is 153 cm³/mol. The van der Waals surface area contributed by atoms with Crippen LogP contribution in [0.3, 0.4) is 0 Å². The predicted octanol–water partition coefficient (Wildman–Crippen LogP) is 4.84. The van der Waals surface area contributed by atoms with Crippen molar-refractivity contribution in [2.45, 2.75) is 45.5 Å². The highest BCUT2D eigenvalue weighted by molar-refractivity contribution is 5.95. The maximum Gasteiger partial charge on any atom is 0.412 e. The molecule has 0 bridgehead atoms. The normalized spacial score (nSPS) is 15.5. The molecule has 0 spiro atoms. The number of carboxylic acid groups (broad SMARTS) is 1. The van der Waals surface area contributed by atoms with Crippen molar-refractivity contribution in [1.29, 1.82) is 0 Å². The van der Waals surface area contributed by atoms with Gasteiger partial charge in [0.1, 0.15) is 6.61 Å². The van der Waals surface area contributed by atoms with Crippen LogP contribution in [0, 0.1) is 13.8 Å². The third kappa shape index (κ3) is 7.84. The number of carboxylic acids is 1. The van der Waals surface area contributed by atoms with Crippen LogP contribution in [0.4, 0.5) is 15.3 Å². The molecule has 0 saturated carbocycles. The Morgan fingerprint density at radius 3 is 2.27 bits per heavy atom. The number of anilines is 1. The van der Waals surface area contributed by atoms with Crippen molar-refractivity contribution in [3.63, 3.8) is 0 Å². The molecule has 214 valence electrons. The van der Waals surface area contributed by atoms with Crippen LogP contribution in [0.5, 0.6) is 0 Å². The largest absolute Gasteiger partial charge is 0.481 e. The smallest absolute Gasteiger partial charge is 0.412 e. The molecule has 3 aromatic carbocycles. The number of nitrogens with zero attached hydrogens (tertiary/aromatic N) is 2. The summed E-state index contributed by atoms with van der Waals surface area (Å²) >= 11 is 0. The molecule has 4 rings (SSSR count). The van der Waals surface area contributed by atoms with Gasteiger partial charge in [0, 0.05) is 18.8 Å². The van der Waals surface area contributed by atoms with Gasteiger partial charge in [-0.3, -0.25) is 19.4 Å². The van der Waals surface area contributed by atoms with E-state index in [4.69, 9.17) is 4.74 Å². The standard InChI is InChI=1S/C31H34N4O6/c1-21-9-6-13-24(17-21)26(19-27(36)37)33-28(38)29-34(30(39)32-25-14-7-10-22(2)18-25)15-8-16-35(29)31(40)41-20-23-11-4-3-5-12-23/h3-7,9-14,17-18,26,29H,8,15-16,19-20H2,1-2H3,(H,32,39)(H,33,38)(H,36,37). The van der Waals surface area contributed by atoms with E-state index in [9.17, 15) is 24.3 Å². The lowest BCUT2D eigenvalue weighted by atomic mass is 10.0. The maximum atomic E-state index is 13.9. The van der Waals surface area contributed by atoms with E-state index in [1.807, 2.05) is 56.3 Å². The minimum atomic E-state index is -1.36. The van der Waals surface area contributed by atoms with Gasteiger partial charge in [-0.2, -0.15) is 0 Å². The van der Waals surface area contributed by atoms with Crippen LogP contribution in [-0.2, 0) is 20.9 Å². The van der Waals surface area contributed by atoms with Gasteiger partial charge in [0.2, 0.25) is 0 Å². The van der Waals surface area contributed by atoms with E-state index >= 15 is 0 Å². The average Bonchev–Trinajstić information content (AvgIpc) is 2.95. The molecule has 1 heterocycles. The lowest BCUT2D eigenvalue weighted by Gasteiger charge is -2.42. The molecule has 0 radical (unpaired) electrons. The fourth-order valence-corrected chi connectivity index (χ4v) is 4.79. The van der Waals surface area contributed by atoms with Gasteiger partial charge < -0.3 is 20.5 Å². The second-order valence-electron chi connectivity index (χ2n) is 10.0. The highest BCUT2D eigenvalue weighted by Gasteiger charge is 2.42. The van der Waals surface area contributed by atoms with Gasteiger partial charge in [0.25, 0.3) is 5.91 Å². The molecule has 10 nitrogen and oxygen atoms in total. The first-order valence-electron chi connectivity index (χ1n) is 13.4. The maximum absolute atomic E-state index is 13.9. The molecule has 4 amide bonds. The van der Waals surface area contributed by atoms with E-state index in [-0.39, 0.29) is 26.1 Å². The van der Waals surface area contributed by atoms with Gasteiger partial charge in [-0.05, 0) is 49.1 Å². The third-order valence-corrected chi connectivity index (χ3v) is 6.73. The average molecular weight is 559 g/mol. The number of hydrogen-bond acceptors (Lipinski definition) is 5. The van der Waals surface area contributed by atoms with Crippen LogP contribution in [-0.4, -0.2) is 58.2 Å². The van der Waals surface area contributed by atoms with Crippen molar-refractivity contribution in [3.8, 4) is 0 Å². The molecule has 3 aromatic rings. The zero-order valence-corrected chi connectivity index (χ0v) is 23.1. The van der Waals surface area contributed by atoms with E-state index in [1.165, 1.54) is 9.80 Å². The van der Waals surface area contributed by atoms with Gasteiger partial charge in [-0.15, -0.1) is 0 Å². The van der Waals surface area contributed by atoms with Crippen molar-refractivity contribution < 1.29 is 29.0 Å². The number of rotatable bonds is 8. The number of carbonyl (C=O) groups excluding carboxylic acids is 3. The second-order valence-corrected chi connectivity index (χ2v) is 10.0. The summed E-state index contributed by atoms with van der Waals surface area (Å²) < 4.78 is 5.53. The van der Waals surface area contributed by atoms with Crippen LogP contribution in [0.15, 0.2) is 78.9 Å². The van der Waals surface area contributed by atoms with E-state index in [0.29, 0.717) is 17.7 Å². The fraction of sp³-hybridized carbons (Fsp3) is 0.290. The molecule has 2 atom stereocenters. The number of ether oxygens (including phenoxy) is 1. The molecule has 1 saturated heterocycles. The lowest BCUT2D eigenvalue weighted by molar-refractivity contribution is -0.138. The summed E-state index contributed by atoms with van der Waals surface area (Å²) in [5, 5.41) is 15.2. The van der Waals surface area contributed by atoms with Gasteiger partial charge >= 0.3 is 18.1 Å². The van der Waals surface area contributed by atoms with Gasteiger partial charge in [-0.25, -0.2) is 9.59 Å². The number of nitrogens with one attached hydrogen (secondary N) is 2. The monoisotopic (exact) mass is 558 g/mol. The van der Waals surface area contributed by atoms with E-state index < -0.39 is 36.2 Å². The van der Waals surface area contributed by atoms with Gasteiger partial charge in [0.15, 0.2) is 6.17 Å². The number of hydrogen-bond donors (Lipinski definition) is 3. The third-order valence-electron chi connectivity index (χ3n) is 6.73. The minimum absolute atomic E-state index is 0.00900. The fourth-order valence-electron chi connectivity index (χ4n) is 4.79. The Balaban J connectivity index is 1.61. The first kappa shape index (κ1) is 29.1. The van der Waals surface area contributed by atoms with Crippen LogP contribution in [0.2, 0.25) is 0 Å². The summed E-state index contributed by atoms with van der Waals surface area (Å²) in [6.45, 7) is 4.13. The van der Waals surface area contributed by atoms with Crippen LogP contribution in [0.25, 0.3) is 0 Å². The quantitative estimate of drug-likeness (QED) is 0.363. The number of benzene rings is 3. The topological polar surface area (TPSA) is 128 Å². The molecule has 1 aliphatic rings. The highest BCUT2D eigenvalue weighted by atomic mass is 16.6. The van der Waals surface area contributed by atoms with Crippen molar-refractivity contribution in [2.24, 2.45) is 0 Å². The van der Waals surface area contributed by atoms with Crippen molar-refractivity contribution >= 4 is 29.7 Å². The molecule has 0 aromatic heterocycles. The summed E-state index contributed by atoms with van der Waals surface area (Å²) in [5.41, 5.74) is 3.76. The Morgan fingerprint density at radius 2 is 1.59 bits per heavy atom. The Hall–Kier alpha value is -4.86. The molecule has 2 unspecified atom stereocenters.